The van der Waals surface area contributed by atoms with Crippen LogP contribution in [0.15, 0.2) is 114 Å². The first-order valence-corrected chi connectivity index (χ1v) is 13.8. The molecule has 3 aliphatic carbocycles. The molecule has 1 unspecified atom stereocenters. The molecule has 2 aromatic heterocycles. The van der Waals surface area contributed by atoms with Gasteiger partial charge in [0, 0.05) is 22.6 Å². The second kappa shape index (κ2) is 10.3. The first-order valence-electron chi connectivity index (χ1n) is 13.8. The van der Waals surface area contributed by atoms with Crippen LogP contribution in [0, 0.1) is 0 Å². The molecule has 0 aliphatic heterocycles. The minimum Gasteiger partial charge on any atom is -0.436 e. The highest BCUT2D eigenvalue weighted by Crippen LogP contribution is 2.34. The first kappa shape index (κ1) is 23.5. The van der Waals surface area contributed by atoms with Crippen molar-refractivity contribution in [1.82, 2.24) is 15.0 Å². The molecule has 0 fully saturated rings. The Hall–Kier alpha value is -4.57. The molecule has 2 heterocycles. The fourth-order valence-electron chi connectivity index (χ4n) is 5.42. The number of para-hydroxylation sites is 1. The zero-order chi connectivity index (χ0) is 26.0. The van der Waals surface area contributed by atoms with Gasteiger partial charge in [0.15, 0.2) is 5.58 Å². The number of hydrogen-bond donors (Lipinski definition) is 0. The summed E-state index contributed by atoms with van der Waals surface area (Å²) in [6, 6.07) is 16.9. The van der Waals surface area contributed by atoms with Crippen LogP contribution >= 0.6 is 0 Å². The Morgan fingerprint density at radius 2 is 1.67 bits per heavy atom. The minimum absolute atomic E-state index is 0.190. The van der Waals surface area contributed by atoms with Gasteiger partial charge in [-0.1, -0.05) is 97.2 Å². The summed E-state index contributed by atoms with van der Waals surface area (Å²) in [7, 11) is 0. The normalized spacial score (nSPS) is 18.4. The molecule has 190 valence electrons. The van der Waals surface area contributed by atoms with Crippen molar-refractivity contribution >= 4 is 22.2 Å². The van der Waals surface area contributed by atoms with E-state index in [-0.39, 0.29) is 5.92 Å². The number of nitrogens with zero attached hydrogens (tertiary/aromatic N) is 3. The molecule has 0 radical (unpaired) electrons. The zero-order valence-electron chi connectivity index (χ0n) is 21.8. The zero-order valence-corrected chi connectivity index (χ0v) is 21.8. The van der Waals surface area contributed by atoms with Crippen molar-refractivity contribution in [1.29, 1.82) is 0 Å². The molecule has 0 N–H and O–H groups in total. The van der Waals surface area contributed by atoms with Crippen LogP contribution < -0.4 is 0 Å². The average Bonchev–Trinajstić information content (AvgIpc) is 3.47. The molecule has 2 aromatic carbocycles. The Labute approximate surface area is 228 Å². The second-order valence-corrected chi connectivity index (χ2v) is 10.2. The second-order valence-electron chi connectivity index (χ2n) is 10.2. The van der Waals surface area contributed by atoms with Crippen LogP contribution in [-0.4, -0.2) is 15.0 Å². The van der Waals surface area contributed by atoms with Crippen LogP contribution in [0.25, 0.3) is 44.6 Å². The summed E-state index contributed by atoms with van der Waals surface area (Å²) >= 11 is 0. The van der Waals surface area contributed by atoms with Crippen LogP contribution in [0.1, 0.15) is 55.4 Å². The third-order valence-electron chi connectivity index (χ3n) is 7.55. The van der Waals surface area contributed by atoms with E-state index in [1.54, 1.807) is 0 Å². The standard InChI is InChI=1S/C35H29N3O/c1-4-11-25(12-5-1)30-23-31(37-34(36-30)27-13-6-2-7-14-27)26-21-19-24(20-22-26)29-17-10-18-32-33(29)38-35(39-32)28-15-8-3-9-16-28/h2-4,6-8,10-13,15,17-23,27H,1,5,9,14,16H2. The maximum absolute atomic E-state index is 6.15. The van der Waals surface area contributed by atoms with E-state index in [2.05, 4.69) is 97.2 Å². The fraction of sp³-hybridized carbons (Fsp3) is 0.171. The van der Waals surface area contributed by atoms with Gasteiger partial charge in [-0.15, -0.1) is 0 Å². The summed E-state index contributed by atoms with van der Waals surface area (Å²) in [5, 5.41) is 0. The lowest BCUT2D eigenvalue weighted by atomic mass is 9.97. The van der Waals surface area contributed by atoms with Gasteiger partial charge in [-0.25, -0.2) is 15.0 Å². The van der Waals surface area contributed by atoms with E-state index >= 15 is 0 Å². The number of oxazole rings is 1. The van der Waals surface area contributed by atoms with Crippen molar-refractivity contribution in [2.45, 2.75) is 38.0 Å². The van der Waals surface area contributed by atoms with Gasteiger partial charge in [0.25, 0.3) is 0 Å². The number of fused-ring (bicyclic) bond motifs is 1. The molecule has 0 amide bonds. The molecule has 0 saturated heterocycles. The SMILES string of the molecule is C1=CCCC(c2nc3c(-c4ccc(-c5cc(C6=CCCC=C6)nc(C6C=CC=CC6)n5)cc4)cccc3o2)=C1. The van der Waals surface area contributed by atoms with E-state index in [1.807, 2.05) is 12.1 Å². The van der Waals surface area contributed by atoms with Crippen LogP contribution in [-0.2, 0) is 0 Å². The van der Waals surface area contributed by atoms with Crippen molar-refractivity contribution in [3.05, 3.63) is 127 Å². The van der Waals surface area contributed by atoms with Crippen LogP contribution in [0.2, 0.25) is 0 Å². The van der Waals surface area contributed by atoms with Crippen LogP contribution in [0.3, 0.4) is 0 Å². The van der Waals surface area contributed by atoms with Gasteiger partial charge in [0.1, 0.15) is 11.3 Å². The number of benzene rings is 2. The van der Waals surface area contributed by atoms with Gasteiger partial charge in [-0.05, 0) is 55.4 Å². The van der Waals surface area contributed by atoms with E-state index in [1.165, 1.54) is 5.57 Å². The number of rotatable bonds is 5. The van der Waals surface area contributed by atoms with Crippen molar-refractivity contribution in [2.24, 2.45) is 0 Å². The van der Waals surface area contributed by atoms with E-state index in [9.17, 15) is 0 Å². The van der Waals surface area contributed by atoms with Gasteiger partial charge < -0.3 is 4.42 Å². The summed E-state index contributed by atoms with van der Waals surface area (Å²) in [6.45, 7) is 0. The van der Waals surface area contributed by atoms with E-state index in [0.29, 0.717) is 0 Å². The lowest BCUT2D eigenvalue weighted by Crippen LogP contribution is -2.07. The fourth-order valence-corrected chi connectivity index (χ4v) is 5.42. The lowest BCUT2D eigenvalue weighted by Gasteiger charge is -2.16. The Balaban J connectivity index is 1.25. The number of aromatic nitrogens is 3. The molecule has 4 heteroatoms. The maximum atomic E-state index is 6.15. The molecule has 7 rings (SSSR count). The molecule has 3 aliphatic rings. The van der Waals surface area contributed by atoms with E-state index in [0.717, 1.165) is 88.6 Å². The number of hydrogen-bond acceptors (Lipinski definition) is 4. The lowest BCUT2D eigenvalue weighted by molar-refractivity contribution is 0.580. The van der Waals surface area contributed by atoms with Crippen molar-refractivity contribution in [3.63, 3.8) is 0 Å². The minimum atomic E-state index is 0.190. The predicted octanol–water partition coefficient (Wildman–Crippen LogP) is 9.02. The van der Waals surface area contributed by atoms with Gasteiger partial charge in [-0.2, -0.15) is 0 Å². The maximum Gasteiger partial charge on any atom is 0.223 e. The number of allylic oxidation sites excluding steroid dienone is 12. The topological polar surface area (TPSA) is 51.8 Å². The molecule has 0 spiro atoms. The predicted molar refractivity (Wildman–Crippen MR) is 159 cm³/mol. The van der Waals surface area contributed by atoms with Crippen molar-refractivity contribution in [2.75, 3.05) is 0 Å². The summed E-state index contributed by atoms with van der Waals surface area (Å²) in [4.78, 5) is 15.0. The Morgan fingerprint density at radius 3 is 2.46 bits per heavy atom. The van der Waals surface area contributed by atoms with Gasteiger partial charge >= 0.3 is 0 Å². The third kappa shape index (κ3) is 4.74. The Morgan fingerprint density at radius 1 is 0.769 bits per heavy atom. The molecule has 1 atom stereocenters. The summed E-state index contributed by atoms with van der Waals surface area (Å²) < 4.78 is 6.15. The van der Waals surface area contributed by atoms with Crippen LogP contribution in [0.4, 0.5) is 0 Å². The van der Waals surface area contributed by atoms with E-state index in [4.69, 9.17) is 19.4 Å². The largest absolute Gasteiger partial charge is 0.436 e. The summed E-state index contributed by atoms with van der Waals surface area (Å²) in [5.41, 5.74) is 9.23. The third-order valence-corrected chi connectivity index (χ3v) is 7.55. The highest BCUT2D eigenvalue weighted by Gasteiger charge is 2.18. The first-order chi connectivity index (χ1) is 19.3. The molecular weight excluding hydrogens is 478 g/mol. The van der Waals surface area contributed by atoms with E-state index < -0.39 is 0 Å². The summed E-state index contributed by atoms with van der Waals surface area (Å²) in [5.74, 6) is 1.78. The molecule has 4 nitrogen and oxygen atoms in total. The molecule has 4 aromatic rings. The molecule has 0 bridgehead atoms. The van der Waals surface area contributed by atoms with Gasteiger partial charge in [-0.3, -0.25) is 0 Å². The quantitative estimate of drug-likeness (QED) is 0.270. The van der Waals surface area contributed by atoms with Gasteiger partial charge in [0.05, 0.1) is 11.4 Å². The smallest absolute Gasteiger partial charge is 0.223 e. The van der Waals surface area contributed by atoms with Crippen LogP contribution in [0.5, 0.6) is 0 Å². The molecular formula is C35H29N3O. The highest BCUT2D eigenvalue weighted by atomic mass is 16.3. The van der Waals surface area contributed by atoms with Crippen molar-refractivity contribution in [3.8, 4) is 22.4 Å². The average molecular weight is 508 g/mol. The Kier molecular flexibility index (Phi) is 6.22. The summed E-state index contributed by atoms with van der Waals surface area (Å²) in [6.07, 6.45) is 26.6. The highest BCUT2D eigenvalue weighted by molar-refractivity contribution is 5.92. The monoisotopic (exact) mass is 507 g/mol. The molecule has 39 heavy (non-hydrogen) atoms. The Bertz CT molecular complexity index is 1730. The molecule has 0 saturated carbocycles. The van der Waals surface area contributed by atoms with Crippen molar-refractivity contribution < 1.29 is 4.42 Å². The van der Waals surface area contributed by atoms with Gasteiger partial charge in [0.2, 0.25) is 5.89 Å².